The monoisotopic (exact) mass is 305 g/mol. The smallest absolute Gasteiger partial charge is 0.251 e. The average Bonchev–Trinajstić information content (AvgIpc) is 2.55. The van der Waals surface area contributed by atoms with Gasteiger partial charge in [0.15, 0.2) is 9.84 Å². The lowest BCUT2D eigenvalue weighted by Crippen LogP contribution is -2.40. The summed E-state index contributed by atoms with van der Waals surface area (Å²) in [5, 5.41) is 1.88. The molecule has 0 bridgehead atoms. The van der Waals surface area contributed by atoms with Crippen LogP contribution in [-0.4, -0.2) is 37.2 Å². The Morgan fingerprint density at radius 3 is 2.63 bits per heavy atom. The molecule has 1 aliphatic rings. The number of sulfone groups is 1. The van der Waals surface area contributed by atoms with Gasteiger partial charge in [0, 0.05) is 5.56 Å². The summed E-state index contributed by atoms with van der Waals surface area (Å²) in [5.41, 5.74) is 0.589. The number of aryl methyl sites for hydroxylation is 1. The zero-order chi connectivity index (χ0) is 14.2. The van der Waals surface area contributed by atoms with E-state index in [-0.39, 0.29) is 17.1 Å². The number of hydrogen-bond donors (Lipinski definition) is 1. The minimum atomic E-state index is -3.21. The zero-order valence-corrected chi connectivity index (χ0v) is 11.8. The van der Waals surface area contributed by atoms with Crippen LogP contribution in [-0.2, 0) is 9.84 Å². The number of hydrogen-bond acceptors (Lipinski definition) is 3. The van der Waals surface area contributed by atoms with Gasteiger partial charge in [-0.2, -0.15) is 0 Å². The maximum atomic E-state index is 13.4. The first-order valence-corrected chi connectivity index (χ1v) is 7.96. The van der Waals surface area contributed by atoms with E-state index >= 15 is 0 Å². The molecule has 0 aromatic heterocycles. The lowest BCUT2D eigenvalue weighted by molar-refractivity contribution is 0.0941. The van der Waals surface area contributed by atoms with Crippen molar-refractivity contribution in [2.24, 2.45) is 0 Å². The van der Waals surface area contributed by atoms with Gasteiger partial charge < -0.3 is 5.32 Å². The molecule has 0 radical (unpaired) electrons. The van der Waals surface area contributed by atoms with E-state index in [1.807, 2.05) is 0 Å². The maximum absolute atomic E-state index is 13.4. The van der Waals surface area contributed by atoms with Crippen LogP contribution in [0.5, 0.6) is 0 Å². The Morgan fingerprint density at radius 2 is 2.11 bits per heavy atom. The number of benzene rings is 1. The molecule has 0 spiro atoms. The predicted octanol–water partition coefficient (Wildman–Crippen LogP) is 1.27. The Kier molecular flexibility index (Phi) is 3.82. The molecule has 19 heavy (non-hydrogen) atoms. The number of carbonyl (C=O) groups is 1. The van der Waals surface area contributed by atoms with Crippen molar-refractivity contribution in [2.75, 3.05) is 11.5 Å². The minimum absolute atomic E-state index is 0.149. The summed E-state index contributed by atoms with van der Waals surface area (Å²) in [7, 11) is -3.21. The minimum Gasteiger partial charge on any atom is -0.347 e. The molecule has 0 saturated carbocycles. The third kappa shape index (κ3) is 3.25. The van der Waals surface area contributed by atoms with Gasteiger partial charge in [0.05, 0.1) is 22.9 Å². The SMILES string of the molecule is Cc1ccc(C(=O)NC2CS(=O)(=O)CC2Cl)cc1F. The van der Waals surface area contributed by atoms with Gasteiger partial charge in [-0.3, -0.25) is 4.79 Å². The Bertz CT molecular complexity index is 617. The highest BCUT2D eigenvalue weighted by atomic mass is 35.5. The fourth-order valence-electron chi connectivity index (χ4n) is 1.92. The molecular weight excluding hydrogens is 293 g/mol. The van der Waals surface area contributed by atoms with Crippen molar-refractivity contribution in [2.45, 2.75) is 18.3 Å². The van der Waals surface area contributed by atoms with E-state index in [0.29, 0.717) is 5.56 Å². The first-order valence-electron chi connectivity index (χ1n) is 5.70. The third-order valence-corrected chi connectivity index (χ3v) is 5.41. The van der Waals surface area contributed by atoms with Crippen LogP contribution in [0.1, 0.15) is 15.9 Å². The fourth-order valence-corrected chi connectivity index (χ4v) is 4.47. The molecule has 104 valence electrons. The highest BCUT2D eigenvalue weighted by Gasteiger charge is 2.37. The van der Waals surface area contributed by atoms with Crippen molar-refractivity contribution in [3.8, 4) is 0 Å². The first kappa shape index (κ1) is 14.3. The quantitative estimate of drug-likeness (QED) is 0.837. The fraction of sp³-hybridized carbons (Fsp3) is 0.417. The van der Waals surface area contributed by atoms with E-state index < -0.39 is 33.0 Å². The van der Waals surface area contributed by atoms with Crippen LogP contribution in [0.15, 0.2) is 18.2 Å². The molecule has 0 aliphatic carbocycles. The van der Waals surface area contributed by atoms with Gasteiger partial charge >= 0.3 is 0 Å². The molecule has 1 amide bonds. The van der Waals surface area contributed by atoms with Crippen LogP contribution in [0, 0.1) is 12.7 Å². The molecule has 1 aliphatic heterocycles. The topological polar surface area (TPSA) is 63.2 Å². The normalized spacial score (nSPS) is 25.2. The molecule has 7 heteroatoms. The molecule has 2 unspecified atom stereocenters. The highest BCUT2D eigenvalue weighted by Crippen LogP contribution is 2.18. The second-order valence-electron chi connectivity index (χ2n) is 4.64. The zero-order valence-electron chi connectivity index (χ0n) is 10.2. The molecular formula is C12H13ClFNO3S. The third-order valence-electron chi connectivity index (χ3n) is 3.03. The summed E-state index contributed by atoms with van der Waals surface area (Å²) < 4.78 is 36.1. The second kappa shape index (κ2) is 5.09. The van der Waals surface area contributed by atoms with Crippen molar-refractivity contribution < 1.29 is 17.6 Å². The van der Waals surface area contributed by atoms with Gasteiger partial charge in [0.2, 0.25) is 0 Å². The molecule has 1 aromatic rings. The number of rotatable bonds is 2. The van der Waals surface area contributed by atoms with E-state index in [9.17, 15) is 17.6 Å². The predicted molar refractivity (Wildman–Crippen MR) is 70.7 cm³/mol. The molecule has 1 fully saturated rings. The van der Waals surface area contributed by atoms with Crippen LogP contribution < -0.4 is 5.32 Å². The molecule has 1 N–H and O–H groups in total. The number of nitrogens with one attached hydrogen (secondary N) is 1. The molecule has 1 saturated heterocycles. The Morgan fingerprint density at radius 1 is 1.42 bits per heavy atom. The summed E-state index contributed by atoms with van der Waals surface area (Å²) >= 11 is 5.88. The largest absolute Gasteiger partial charge is 0.347 e. The molecule has 1 aromatic carbocycles. The van der Waals surface area contributed by atoms with Crippen LogP contribution in [0.3, 0.4) is 0 Å². The van der Waals surface area contributed by atoms with E-state index in [2.05, 4.69) is 5.32 Å². The first-order chi connectivity index (χ1) is 8.78. The van der Waals surface area contributed by atoms with Crippen molar-refractivity contribution >= 4 is 27.3 Å². The number of halogens is 2. The summed E-state index contributed by atoms with van der Waals surface area (Å²) in [4.78, 5) is 11.9. The lowest BCUT2D eigenvalue weighted by atomic mass is 10.1. The molecule has 1 heterocycles. The Balaban J connectivity index is 2.11. The lowest BCUT2D eigenvalue weighted by Gasteiger charge is -2.14. The van der Waals surface area contributed by atoms with Crippen molar-refractivity contribution in [3.05, 3.63) is 35.1 Å². The average molecular weight is 306 g/mol. The number of amides is 1. The van der Waals surface area contributed by atoms with Crippen molar-refractivity contribution in [1.29, 1.82) is 0 Å². The van der Waals surface area contributed by atoms with Gasteiger partial charge in [-0.15, -0.1) is 11.6 Å². The van der Waals surface area contributed by atoms with Crippen LogP contribution in [0.25, 0.3) is 0 Å². The van der Waals surface area contributed by atoms with E-state index in [0.717, 1.165) is 6.07 Å². The Labute approximate surface area is 115 Å². The van der Waals surface area contributed by atoms with Gasteiger partial charge in [-0.1, -0.05) is 6.07 Å². The highest BCUT2D eigenvalue weighted by molar-refractivity contribution is 7.91. The van der Waals surface area contributed by atoms with Crippen LogP contribution >= 0.6 is 11.6 Å². The van der Waals surface area contributed by atoms with Crippen molar-refractivity contribution in [1.82, 2.24) is 5.32 Å². The van der Waals surface area contributed by atoms with Crippen LogP contribution in [0.4, 0.5) is 4.39 Å². The Hall–Kier alpha value is -1.14. The van der Waals surface area contributed by atoms with Gasteiger partial charge in [-0.25, -0.2) is 12.8 Å². The molecule has 4 nitrogen and oxygen atoms in total. The maximum Gasteiger partial charge on any atom is 0.251 e. The van der Waals surface area contributed by atoms with Gasteiger partial charge in [0.1, 0.15) is 5.82 Å². The van der Waals surface area contributed by atoms with E-state index in [1.54, 1.807) is 6.92 Å². The van der Waals surface area contributed by atoms with Gasteiger partial charge in [0.25, 0.3) is 5.91 Å². The summed E-state index contributed by atoms with van der Waals surface area (Å²) in [6, 6.07) is 3.47. The molecule has 2 rings (SSSR count). The van der Waals surface area contributed by atoms with E-state index in [4.69, 9.17) is 11.6 Å². The van der Waals surface area contributed by atoms with Crippen LogP contribution in [0.2, 0.25) is 0 Å². The number of alkyl halides is 1. The summed E-state index contributed by atoms with van der Waals surface area (Å²) in [6.45, 7) is 1.59. The summed E-state index contributed by atoms with van der Waals surface area (Å²) in [6.07, 6.45) is 0. The summed E-state index contributed by atoms with van der Waals surface area (Å²) in [5.74, 6) is -1.33. The van der Waals surface area contributed by atoms with Crippen molar-refractivity contribution in [3.63, 3.8) is 0 Å². The van der Waals surface area contributed by atoms with E-state index in [1.165, 1.54) is 12.1 Å². The van der Waals surface area contributed by atoms with Gasteiger partial charge in [-0.05, 0) is 24.6 Å². The number of carbonyl (C=O) groups excluding carboxylic acids is 1. The molecule has 2 atom stereocenters. The standard InChI is InChI=1S/C12H13ClFNO3S/c1-7-2-3-8(4-10(7)14)12(16)15-11-6-19(17,18)5-9(11)13/h2-4,9,11H,5-6H2,1H3,(H,15,16). The second-order valence-corrected chi connectivity index (χ2v) is 7.35.